The third-order valence-corrected chi connectivity index (χ3v) is 2.78. The van der Waals surface area contributed by atoms with Crippen molar-refractivity contribution in [2.75, 3.05) is 6.54 Å². The Hall–Kier alpha value is -2.01. The van der Waals surface area contributed by atoms with Crippen molar-refractivity contribution in [3.63, 3.8) is 0 Å². The fourth-order valence-electron chi connectivity index (χ4n) is 1.70. The zero-order valence-corrected chi connectivity index (χ0v) is 11.1. The van der Waals surface area contributed by atoms with Gasteiger partial charge in [-0.05, 0) is 36.2 Å². The quantitative estimate of drug-likeness (QED) is 0.881. The summed E-state index contributed by atoms with van der Waals surface area (Å²) >= 11 is 5.68. The molecule has 3 nitrogen and oxygen atoms in total. The molecule has 104 valence electrons. The van der Waals surface area contributed by atoms with Crippen molar-refractivity contribution in [1.29, 1.82) is 0 Å². The summed E-state index contributed by atoms with van der Waals surface area (Å²) in [7, 11) is 0. The minimum Gasteiger partial charge on any atom is -0.350 e. The summed E-state index contributed by atoms with van der Waals surface area (Å²) in [6.07, 6.45) is 0.320. The van der Waals surface area contributed by atoms with E-state index in [2.05, 4.69) is 10.3 Å². The Morgan fingerprint density at radius 3 is 2.55 bits per heavy atom. The van der Waals surface area contributed by atoms with Crippen LogP contribution in [0.25, 0.3) is 0 Å². The molecule has 2 aromatic rings. The lowest BCUT2D eigenvalue weighted by atomic mass is 10.1. The largest absolute Gasteiger partial charge is 0.350 e. The highest BCUT2D eigenvalue weighted by Gasteiger charge is 2.07. The lowest BCUT2D eigenvalue weighted by Gasteiger charge is -2.05. The predicted octanol–water partition coefficient (Wildman–Crippen LogP) is 2.99. The number of rotatable bonds is 4. The summed E-state index contributed by atoms with van der Waals surface area (Å²) in [4.78, 5) is 15.6. The Labute approximate surface area is 119 Å². The summed E-state index contributed by atoms with van der Waals surface area (Å²) < 4.78 is 25.9. The van der Waals surface area contributed by atoms with E-state index in [1.54, 1.807) is 12.1 Å². The zero-order chi connectivity index (χ0) is 14.5. The highest BCUT2D eigenvalue weighted by molar-refractivity contribution is 6.29. The Kier molecular flexibility index (Phi) is 4.63. The third kappa shape index (κ3) is 3.99. The van der Waals surface area contributed by atoms with Crippen LogP contribution < -0.4 is 5.32 Å². The van der Waals surface area contributed by atoms with Gasteiger partial charge in [0.2, 0.25) is 0 Å². The highest BCUT2D eigenvalue weighted by Crippen LogP contribution is 2.08. The smallest absolute Gasteiger partial charge is 0.269 e. The summed E-state index contributed by atoms with van der Waals surface area (Å²) in [6, 6.07) is 7.97. The number of benzene rings is 1. The van der Waals surface area contributed by atoms with E-state index in [4.69, 9.17) is 11.6 Å². The second-order valence-electron chi connectivity index (χ2n) is 4.13. The average Bonchev–Trinajstić information content (AvgIpc) is 2.37. The molecule has 0 fully saturated rings. The molecule has 2 rings (SSSR count). The van der Waals surface area contributed by atoms with E-state index >= 15 is 0 Å². The summed E-state index contributed by atoms with van der Waals surface area (Å²) in [5, 5.41) is 2.84. The Morgan fingerprint density at radius 2 is 1.90 bits per heavy atom. The van der Waals surface area contributed by atoms with Crippen molar-refractivity contribution in [1.82, 2.24) is 10.3 Å². The van der Waals surface area contributed by atoms with Gasteiger partial charge in [-0.25, -0.2) is 13.8 Å². The number of hydrogen-bond acceptors (Lipinski definition) is 2. The van der Waals surface area contributed by atoms with Crippen molar-refractivity contribution in [3.05, 3.63) is 64.4 Å². The maximum Gasteiger partial charge on any atom is 0.269 e. The van der Waals surface area contributed by atoms with Crippen molar-refractivity contribution in [3.8, 4) is 0 Å². The molecular weight excluding hydrogens is 286 g/mol. The van der Waals surface area contributed by atoms with Gasteiger partial charge >= 0.3 is 0 Å². The number of carbonyl (C=O) groups is 1. The second-order valence-corrected chi connectivity index (χ2v) is 4.52. The predicted molar refractivity (Wildman–Crippen MR) is 71.6 cm³/mol. The molecule has 0 radical (unpaired) electrons. The van der Waals surface area contributed by atoms with Gasteiger partial charge in [-0.1, -0.05) is 17.7 Å². The Balaban J connectivity index is 1.91. The molecule has 0 aliphatic rings. The Bertz CT molecular complexity index is 614. The Morgan fingerprint density at radius 1 is 1.20 bits per heavy atom. The first-order valence-corrected chi connectivity index (χ1v) is 6.28. The van der Waals surface area contributed by atoms with E-state index in [1.165, 1.54) is 18.2 Å². The first-order chi connectivity index (χ1) is 9.54. The first-order valence-electron chi connectivity index (χ1n) is 5.90. The molecule has 1 amide bonds. The first kappa shape index (κ1) is 14.4. The van der Waals surface area contributed by atoms with Gasteiger partial charge in [0.1, 0.15) is 22.5 Å². The molecule has 1 aromatic carbocycles. The zero-order valence-electron chi connectivity index (χ0n) is 10.4. The summed E-state index contributed by atoms with van der Waals surface area (Å²) in [6.45, 7) is 0.246. The van der Waals surface area contributed by atoms with Gasteiger partial charge in [-0.3, -0.25) is 4.79 Å². The standard InChI is InChI=1S/C14H11ClF2N2O/c15-13-3-1-2-12(19-13)14(20)18-5-4-9-6-10(16)8-11(17)7-9/h1-3,6-8H,4-5H2,(H,18,20). The van der Waals surface area contributed by atoms with Crippen LogP contribution in [0.15, 0.2) is 36.4 Å². The van der Waals surface area contributed by atoms with Gasteiger partial charge in [0.15, 0.2) is 0 Å². The van der Waals surface area contributed by atoms with Crippen molar-refractivity contribution in [2.45, 2.75) is 6.42 Å². The molecule has 0 saturated heterocycles. The van der Waals surface area contributed by atoms with Crippen LogP contribution in [0.4, 0.5) is 8.78 Å². The van der Waals surface area contributed by atoms with E-state index in [1.807, 2.05) is 0 Å². The lowest BCUT2D eigenvalue weighted by Crippen LogP contribution is -2.26. The lowest BCUT2D eigenvalue weighted by molar-refractivity contribution is 0.0949. The highest BCUT2D eigenvalue weighted by atomic mass is 35.5. The molecule has 0 atom stereocenters. The molecule has 1 N–H and O–H groups in total. The maximum absolute atomic E-state index is 13.0. The van der Waals surface area contributed by atoms with Crippen LogP contribution in [0.5, 0.6) is 0 Å². The molecule has 0 aliphatic heterocycles. The van der Waals surface area contributed by atoms with E-state index in [-0.39, 0.29) is 23.3 Å². The van der Waals surface area contributed by atoms with E-state index in [0.29, 0.717) is 12.0 Å². The number of nitrogens with one attached hydrogen (secondary N) is 1. The van der Waals surface area contributed by atoms with E-state index < -0.39 is 11.6 Å². The number of pyridine rings is 1. The van der Waals surface area contributed by atoms with Gasteiger partial charge in [-0.15, -0.1) is 0 Å². The minimum atomic E-state index is -0.636. The van der Waals surface area contributed by atoms with Gasteiger partial charge in [-0.2, -0.15) is 0 Å². The van der Waals surface area contributed by atoms with Crippen LogP contribution in [0.1, 0.15) is 16.1 Å². The number of halogens is 3. The molecule has 1 heterocycles. The molecule has 0 bridgehead atoms. The van der Waals surface area contributed by atoms with Gasteiger partial charge in [0.25, 0.3) is 5.91 Å². The average molecular weight is 297 g/mol. The van der Waals surface area contributed by atoms with Crippen molar-refractivity contribution >= 4 is 17.5 Å². The second kappa shape index (κ2) is 6.43. The molecule has 0 spiro atoms. The van der Waals surface area contributed by atoms with E-state index in [9.17, 15) is 13.6 Å². The van der Waals surface area contributed by atoms with Gasteiger partial charge in [0, 0.05) is 12.6 Å². The van der Waals surface area contributed by atoms with Crippen LogP contribution >= 0.6 is 11.6 Å². The van der Waals surface area contributed by atoms with Gasteiger partial charge < -0.3 is 5.32 Å². The molecule has 1 aromatic heterocycles. The number of aromatic nitrogens is 1. The molecule has 0 unspecified atom stereocenters. The van der Waals surface area contributed by atoms with Crippen molar-refractivity contribution in [2.24, 2.45) is 0 Å². The molecular formula is C14H11ClF2N2O. The minimum absolute atomic E-state index is 0.197. The number of nitrogens with zero attached hydrogens (tertiary/aromatic N) is 1. The number of carbonyl (C=O) groups excluding carboxylic acids is 1. The molecule has 20 heavy (non-hydrogen) atoms. The topological polar surface area (TPSA) is 42.0 Å². The van der Waals surface area contributed by atoms with Crippen LogP contribution in [0.3, 0.4) is 0 Å². The molecule has 0 aliphatic carbocycles. The SMILES string of the molecule is O=C(NCCc1cc(F)cc(F)c1)c1cccc(Cl)n1. The fourth-order valence-corrected chi connectivity index (χ4v) is 1.86. The molecule has 6 heteroatoms. The van der Waals surface area contributed by atoms with E-state index in [0.717, 1.165) is 6.07 Å². The van der Waals surface area contributed by atoms with Crippen LogP contribution in [-0.4, -0.2) is 17.4 Å². The van der Waals surface area contributed by atoms with Crippen LogP contribution in [0, 0.1) is 11.6 Å². The van der Waals surface area contributed by atoms with Crippen molar-refractivity contribution < 1.29 is 13.6 Å². The normalized spacial score (nSPS) is 10.3. The summed E-state index contributed by atoms with van der Waals surface area (Å²) in [5.41, 5.74) is 0.671. The van der Waals surface area contributed by atoms with Crippen LogP contribution in [-0.2, 0) is 6.42 Å². The third-order valence-electron chi connectivity index (χ3n) is 2.57. The summed E-state index contributed by atoms with van der Waals surface area (Å²) in [5.74, 6) is -1.66. The maximum atomic E-state index is 13.0. The van der Waals surface area contributed by atoms with Gasteiger partial charge in [0.05, 0.1) is 0 Å². The monoisotopic (exact) mass is 296 g/mol. The van der Waals surface area contributed by atoms with Crippen LogP contribution in [0.2, 0.25) is 5.15 Å². The molecule has 0 saturated carbocycles. The fraction of sp³-hybridized carbons (Fsp3) is 0.143. The number of amides is 1. The number of hydrogen-bond donors (Lipinski definition) is 1.